The summed E-state index contributed by atoms with van der Waals surface area (Å²) in [4.78, 5) is 2.09. The van der Waals surface area contributed by atoms with Gasteiger partial charge in [0.15, 0.2) is 0 Å². The van der Waals surface area contributed by atoms with Gasteiger partial charge in [0.05, 0.1) is 15.7 Å². The largest absolute Gasteiger partial charge is 0.398 e. The molecule has 3 rings (SSSR count). The first-order chi connectivity index (χ1) is 9.24. The van der Waals surface area contributed by atoms with E-state index < -0.39 is 10.8 Å². The predicted octanol–water partition coefficient (Wildman–Crippen LogP) is 3.09. The molecule has 0 fully saturated rings. The van der Waals surface area contributed by atoms with Gasteiger partial charge in [0.25, 0.3) is 0 Å². The van der Waals surface area contributed by atoms with Crippen LogP contribution in [0.4, 0.5) is 5.69 Å². The summed E-state index contributed by atoms with van der Waals surface area (Å²) in [5.74, 6) is 0.660. The van der Waals surface area contributed by atoms with Crippen LogP contribution in [-0.2, 0) is 17.2 Å². The zero-order valence-corrected chi connectivity index (χ0v) is 12.0. The second-order valence-corrected chi connectivity index (χ2v) is 7.41. The smallest absolute Gasteiger partial charge is 0.0617 e. The SMILES string of the molecule is Nc1ccccc1S(=O)CC1Cc2ccccc2S1. The molecule has 19 heavy (non-hydrogen) atoms. The van der Waals surface area contributed by atoms with Gasteiger partial charge in [-0.15, -0.1) is 11.8 Å². The molecule has 0 spiro atoms. The summed E-state index contributed by atoms with van der Waals surface area (Å²) < 4.78 is 12.4. The molecular formula is C15H15NOS2. The van der Waals surface area contributed by atoms with Gasteiger partial charge in [0, 0.05) is 21.6 Å². The minimum atomic E-state index is -1.02. The quantitative estimate of drug-likeness (QED) is 0.883. The third-order valence-electron chi connectivity index (χ3n) is 3.22. The summed E-state index contributed by atoms with van der Waals surface area (Å²) in [6.07, 6.45) is 0.999. The van der Waals surface area contributed by atoms with Gasteiger partial charge in [0.2, 0.25) is 0 Å². The lowest BCUT2D eigenvalue weighted by Crippen LogP contribution is -2.13. The number of thioether (sulfide) groups is 1. The molecule has 0 saturated carbocycles. The fourth-order valence-electron chi connectivity index (χ4n) is 2.29. The van der Waals surface area contributed by atoms with Crippen molar-refractivity contribution in [2.24, 2.45) is 0 Å². The molecule has 2 aromatic rings. The number of anilines is 1. The molecule has 0 amide bonds. The van der Waals surface area contributed by atoms with Crippen molar-refractivity contribution in [3.05, 3.63) is 54.1 Å². The minimum Gasteiger partial charge on any atom is -0.398 e. The lowest BCUT2D eigenvalue weighted by molar-refractivity contribution is 0.681. The number of para-hydroxylation sites is 1. The third-order valence-corrected chi connectivity index (χ3v) is 6.31. The molecule has 2 atom stereocenters. The fourth-order valence-corrected chi connectivity index (χ4v) is 5.21. The first-order valence-electron chi connectivity index (χ1n) is 6.21. The van der Waals surface area contributed by atoms with E-state index in [1.165, 1.54) is 10.5 Å². The van der Waals surface area contributed by atoms with Crippen LogP contribution in [0.5, 0.6) is 0 Å². The average molecular weight is 289 g/mol. The highest BCUT2D eigenvalue weighted by molar-refractivity contribution is 8.01. The minimum absolute atomic E-state index is 0.387. The van der Waals surface area contributed by atoms with E-state index in [9.17, 15) is 4.21 Å². The normalized spacial score (nSPS) is 19.1. The fraction of sp³-hybridized carbons (Fsp3) is 0.200. The Balaban J connectivity index is 1.71. The predicted molar refractivity (Wildman–Crippen MR) is 81.9 cm³/mol. The highest BCUT2D eigenvalue weighted by Gasteiger charge is 2.24. The van der Waals surface area contributed by atoms with Crippen molar-refractivity contribution in [3.8, 4) is 0 Å². The first kappa shape index (κ1) is 12.8. The summed E-state index contributed by atoms with van der Waals surface area (Å²) in [5, 5.41) is 0.387. The van der Waals surface area contributed by atoms with Gasteiger partial charge >= 0.3 is 0 Å². The van der Waals surface area contributed by atoms with Crippen molar-refractivity contribution in [1.29, 1.82) is 0 Å². The number of fused-ring (bicyclic) bond motifs is 1. The van der Waals surface area contributed by atoms with E-state index in [0.717, 1.165) is 11.3 Å². The Hall–Kier alpha value is -1.26. The van der Waals surface area contributed by atoms with Gasteiger partial charge in [-0.3, -0.25) is 4.21 Å². The molecule has 2 unspecified atom stereocenters. The number of rotatable bonds is 3. The number of hydrogen-bond donors (Lipinski definition) is 1. The number of nitrogen functional groups attached to an aromatic ring is 1. The van der Waals surface area contributed by atoms with Crippen LogP contribution in [0.3, 0.4) is 0 Å². The lowest BCUT2D eigenvalue weighted by atomic mass is 10.1. The van der Waals surface area contributed by atoms with Crippen LogP contribution in [0.15, 0.2) is 58.3 Å². The number of nitrogens with two attached hydrogens (primary N) is 1. The molecule has 0 radical (unpaired) electrons. The average Bonchev–Trinajstić information content (AvgIpc) is 2.81. The van der Waals surface area contributed by atoms with E-state index in [1.807, 2.05) is 36.0 Å². The Morgan fingerprint density at radius 2 is 1.89 bits per heavy atom. The lowest BCUT2D eigenvalue weighted by Gasteiger charge is -2.09. The molecule has 0 aliphatic carbocycles. The Labute approximate surface area is 119 Å². The monoisotopic (exact) mass is 289 g/mol. The molecule has 1 heterocycles. The second-order valence-electron chi connectivity index (χ2n) is 4.60. The van der Waals surface area contributed by atoms with E-state index >= 15 is 0 Å². The molecule has 0 aromatic heterocycles. The van der Waals surface area contributed by atoms with Crippen LogP contribution in [0, 0.1) is 0 Å². The zero-order chi connectivity index (χ0) is 13.2. The standard InChI is InChI=1S/C15H15NOS2/c16-13-6-2-4-8-15(13)19(17)10-12-9-11-5-1-3-7-14(11)18-12/h1-8,12H,9-10,16H2. The van der Waals surface area contributed by atoms with Crippen molar-refractivity contribution in [3.63, 3.8) is 0 Å². The van der Waals surface area contributed by atoms with Gasteiger partial charge in [-0.1, -0.05) is 30.3 Å². The maximum Gasteiger partial charge on any atom is 0.0617 e. The molecule has 1 aliphatic heterocycles. The molecule has 0 bridgehead atoms. The molecule has 2 N–H and O–H groups in total. The van der Waals surface area contributed by atoms with Crippen molar-refractivity contribution >= 4 is 28.2 Å². The number of hydrogen-bond acceptors (Lipinski definition) is 3. The molecule has 4 heteroatoms. The molecule has 98 valence electrons. The van der Waals surface area contributed by atoms with Gasteiger partial charge in [-0.2, -0.15) is 0 Å². The first-order valence-corrected chi connectivity index (χ1v) is 8.41. The molecular weight excluding hydrogens is 274 g/mol. The van der Waals surface area contributed by atoms with Crippen LogP contribution >= 0.6 is 11.8 Å². The Morgan fingerprint density at radius 1 is 1.16 bits per heavy atom. The van der Waals surface area contributed by atoms with Crippen LogP contribution in [0.1, 0.15) is 5.56 Å². The van der Waals surface area contributed by atoms with E-state index in [0.29, 0.717) is 16.7 Å². The van der Waals surface area contributed by atoms with Crippen LogP contribution in [0.2, 0.25) is 0 Å². The van der Waals surface area contributed by atoms with Gasteiger partial charge < -0.3 is 5.73 Å². The molecule has 2 aromatic carbocycles. The van der Waals surface area contributed by atoms with E-state index in [-0.39, 0.29) is 0 Å². The summed E-state index contributed by atoms with van der Waals surface area (Å²) in [5.41, 5.74) is 7.88. The number of benzene rings is 2. The summed E-state index contributed by atoms with van der Waals surface area (Å²) in [6, 6.07) is 15.8. The molecule has 2 nitrogen and oxygen atoms in total. The second kappa shape index (κ2) is 5.39. The summed E-state index contributed by atoms with van der Waals surface area (Å²) >= 11 is 1.83. The van der Waals surface area contributed by atoms with E-state index in [1.54, 1.807) is 0 Å². The van der Waals surface area contributed by atoms with Crippen molar-refractivity contribution < 1.29 is 4.21 Å². The van der Waals surface area contributed by atoms with Gasteiger partial charge in [0.1, 0.15) is 0 Å². The van der Waals surface area contributed by atoms with Crippen LogP contribution in [0.25, 0.3) is 0 Å². The Morgan fingerprint density at radius 3 is 2.68 bits per heavy atom. The van der Waals surface area contributed by atoms with E-state index in [2.05, 4.69) is 24.3 Å². The van der Waals surface area contributed by atoms with Crippen LogP contribution in [-0.4, -0.2) is 15.2 Å². The maximum atomic E-state index is 12.4. The highest BCUT2D eigenvalue weighted by atomic mass is 32.2. The zero-order valence-electron chi connectivity index (χ0n) is 10.4. The van der Waals surface area contributed by atoms with Crippen molar-refractivity contribution in [2.45, 2.75) is 21.5 Å². The topological polar surface area (TPSA) is 43.1 Å². The van der Waals surface area contributed by atoms with Crippen molar-refractivity contribution in [2.75, 3.05) is 11.5 Å². The molecule has 0 saturated heterocycles. The van der Waals surface area contributed by atoms with Crippen molar-refractivity contribution in [1.82, 2.24) is 0 Å². The van der Waals surface area contributed by atoms with Gasteiger partial charge in [-0.05, 0) is 30.2 Å². The summed E-state index contributed by atoms with van der Waals surface area (Å²) in [7, 11) is -1.02. The van der Waals surface area contributed by atoms with Crippen LogP contribution < -0.4 is 5.73 Å². The Bertz CT molecular complexity index is 602. The maximum absolute atomic E-state index is 12.4. The highest BCUT2D eigenvalue weighted by Crippen LogP contribution is 2.37. The van der Waals surface area contributed by atoms with Gasteiger partial charge in [-0.25, -0.2) is 0 Å². The summed E-state index contributed by atoms with van der Waals surface area (Å²) in [6.45, 7) is 0. The van der Waals surface area contributed by atoms with E-state index in [4.69, 9.17) is 5.73 Å². The Kier molecular flexibility index (Phi) is 3.62. The molecule has 1 aliphatic rings. The third kappa shape index (κ3) is 2.69.